The van der Waals surface area contributed by atoms with E-state index >= 15 is 0 Å². The second-order valence-electron chi connectivity index (χ2n) is 8.85. The first-order valence-corrected chi connectivity index (χ1v) is 12.1. The number of fused-ring (bicyclic) bond motifs is 2. The standard InChI is InChI=1S/C24H30N6OS/c1-14(2)21(23-25-17-7-5-6-8-18(17)26-23)29-22-20-15(3)16(4)32-24(20)28-19(27-22)13-30-9-11-31-12-10-30/h5-8,14,21H,9-13H2,1-4H3,(H,25,26)(H,27,28,29)/t21-/m0/s1. The van der Waals surface area contributed by atoms with E-state index in [2.05, 4.69) is 49.0 Å². The Kier molecular flexibility index (Phi) is 5.84. The van der Waals surface area contributed by atoms with Crippen LogP contribution in [0.2, 0.25) is 0 Å². The molecule has 1 aliphatic heterocycles. The molecule has 8 heteroatoms. The Balaban J connectivity index is 1.54. The number of nitrogens with zero attached hydrogens (tertiary/aromatic N) is 4. The van der Waals surface area contributed by atoms with Crippen LogP contribution in [0.25, 0.3) is 21.3 Å². The van der Waals surface area contributed by atoms with E-state index in [4.69, 9.17) is 19.7 Å². The Morgan fingerprint density at radius 3 is 2.66 bits per heavy atom. The zero-order valence-electron chi connectivity index (χ0n) is 19.1. The summed E-state index contributed by atoms with van der Waals surface area (Å²) in [5.74, 6) is 3.02. The predicted molar refractivity (Wildman–Crippen MR) is 130 cm³/mol. The molecule has 1 saturated heterocycles. The first-order valence-electron chi connectivity index (χ1n) is 11.3. The highest BCUT2D eigenvalue weighted by molar-refractivity contribution is 7.18. The Morgan fingerprint density at radius 1 is 1.12 bits per heavy atom. The van der Waals surface area contributed by atoms with Crippen molar-refractivity contribution in [2.24, 2.45) is 5.92 Å². The number of aryl methyl sites for hydroxylation is 2. The molecule has 0 amide bonds. The number of H-pyrrole nitrogens is 1. The minimum absolute atomic E-state index is 0.0105. The van der Waals surface area contributed by atoms with E-state index in [1.807, 2.05) is 18.2 Å². The van der Waals surface area contributed by atoms with Crippen LogP contribution in [0.1, 0.15) is 42.0 Å². The average molecular weight is 451 g/mol. The molecule has 168 valence electrons. The van der Waals surface area contributed by atoms with Crippen molar-refractivity contribution in [3.8, 4) is 0 Å². The quantitative estimate of drug-likeness (QED) is 0.438. The van der Waals surface area contributed by atoms with Crippen LogP contribution >= 0.6 is 11.3 Å². The number of para-hydroxylation sites is 2. The van der Waals surface area contributed by atoms with Gasteiger partial charge in [-0.05, 0) is 37.5 Å². The summed E-state index contributed by atoms with van der Waals surface area (Å²) in [4.78, 5) is 23.0. The van der Waals surface area contributed by atoms with Crippen molar-refractivity contribution < 1.29 is 4.74 Å². The fourth-order valence-corrected chi connectivity index (χ4v) is 5.29. The number of morpholine rings is 1. The molecule has 1 aliphatic rings. The molecular formula is C24H30N6OS. The van der Waals surface area contributed by atoms with Gasteiger partial charge in [-0.1, -0.05) is 26.0 Å². The highest BCUT2D eigenvalue weighted by Gasteiger charge is 2.24. The summed E-state index contributed by atoms with van der Waals surface area (Å²) < 4.78 is 5.50. The van der Waals surface area contributed by atoms with Gasteiger partial charge in [0.15, 0.2) is 0 Å². The predicted octanol–water partition coefficient (Wildman–Crippen LogP) is 4.83. The lowest BCUT2D eigenvalue weighted by atomic mass is 10.0. The van der Waals surface area contributed by atoms with Crippen molar-refractivity contribution in [1.82, 2.24) is 24.8 Å². The summed E-state index contributed by atoms with van der Waals surface area (Å²) in [5.41, 5.74) is 3.29. The Hall–Kier alpha value is -2.55. The number of aromatic amines is 1. The molecular weight excluding hydrogens is 420 g/mol. The maximum Gasteiger partial charge on any atom is 0.146 e. The van der Waals surface area contributed by atoms with Crippen LogP contribution in [-0.4, -0.2) is 51.1 Å². The van der Waals surface area contributed by atoms with Crippen LogP contribution in [0.3, 0.4) is 0 Å². The summed E-state index contributed by atoms with van der Waals surface area (Å²) in [6, 6.07) is 8.18. The van der Waals surface area contributed by atoms with E-state index in [0.717, 1.165) is 71.6 Å². The van der Waals surface area contributed by atoms with Crippen LogP contribution in [0.4, 0.5) is 5.82 Å². The highest BCUT2D eigenvalue weighted by Crippen LogP contribution is 2.36. The monoisotopic (exact) mass is 450 g/mol. The van der Waals surface area contributed by atoms with Crippen LogP contribution in [0.5, 0.6) is 0 Å². The molecule has 5 rings (SSSR count). The minimum atomic E-state index is 0.0105. The number of ether oxygens (including phenoxy) is 1. The molecule has 1 fully saturated rings. The largest absolute Gasteiger partial charge is 0.379 e. The number of benzene rings is 1. The van der Waals surface area contributed by atoms with Gasteiger partial charge in [-0.15, -0.1) is 11.3 Å². The number of anilines is 1. The van der Waals surface area contributed by atoms with Gasteiger partial charge in [0, 0.05) is 18.0 Å². The molecule has 7 nitrogen and oxygen atoms in total. The van der Waals surface area contributed by atoms with E-state index in [-0.39, 0.29) is 6.04 Å². The molecule has 3 aromatic heterocycles. The van der Waals surface area contributed by atoms with Crippen molar-refractivity contribution in [3.05, 3.63) is 46.4 Å². The van der Waals surface area contributed by atoms with Crippen LogP contribution in [0, 0.1) is 19.8 Å². The third-order valence-electron chi connectivity index (χ3n) is 6.20. The van der Waals surface area contributed by atoms with Crippen molar-refractivity contribution >= 4 is 38.4 Å². The van der Waals surface area contributed by atoms with Crippen LogP contribution in [0.15, 0.2) is 24.3 Å². The lowest BCUT2D eigenvalue weighted by Crippen LogP contribution is -2.36. The fraction of sp³-hybridized carbons (Fsp3) is 0.458. The summed E-state index contributed by atoms with van der Waals surface area (Å²) in [7, 11) is 0. The molecule has 2 N–H and O–H groups in total. The topological polar surface area (TPSA) is 79.0 Å². The second-order valence-corrected chi connectivity index (χ2v) is 10.0. The fourth-order valence-electron chi connectivity index (χ4n) is 4.25. The molecule has 1 atom stereocenters. The van der Waals surface area contributed by atoms with Crippen molar-refractivity contribution in [2.75, 3.05) is 31.6 Å². The van der Waals surface area contributed by atoms with E-state index in [0.29, 0.717) is 5.92 Å². The summed E-state index contributed by atoms with van der Waals surface area (Å²) in [5, 5.41) is 4.87. The Labute approximate surface area is 192 Å². The van der Waals surface area contributed by atoms with Crippen molar-refractivity contribution in [3.63, 3.8) is 0 Å². The van der Waals surface area contributed by atoms with E-state index < -0.39 is 0 Å². The van der Waals surface area contributed by atoms with Crippen molar-refractivity contribution in [2.45, 2.75) is 40.3 Å². The molecule has 0 unspecified atom stereocenters. The number of hydrogen-bond acceptors (Lipinski definition) is 7. The lowest BCUT2D eigenvalue weighted by Gasteiger charge is -2.26. The normalized spacial score (nSPS) is 16.3. The van der Waals surface area contributed by atoms with Crippen LogP contribution in [-0.2, 0) is 11.3 Å². The number of rotatable bonds is 6. The zero-order chi connectivity index (χ0) is 22.2. The van der Waals surface area contributed by atoms with E-state index in [1.165, 1.54) is 10.4 Å². The molecule has 0 bridgehead atoms. The number of aromatic nitrogens is 4. The number of nitrogens with one attached hydrogen (secondary N) is 2. The molecule has 4 heterocycles. The number of hydrogen-bond donors (Lipinski definition) is 2. The summed E-state index contributed by atoms with van der Waals surface area (Å²) in [6.07, 6.45) is 0. The van der Waals surface area contributed by atoms with E-state index in [9.17, 15) is 0 Å². The van der Waals surface area contributed by atoms with Gasteiger partial charge >= 0.3 is 0 Å². The third-order valence-corrected chi connectivity index (χ3v) is 7.31. The molecule has 0 radical (unpaired) electrons. The molecule has 0 spiro atoms. The maximum absolute atomic E-state index is 5.50. The van der Waals surface area contributed by atoms with Crippen molar-refractivity contribution in [1.29, 1.82) is 0 Å². The van der Waals surface area contributed by atoms with Gasteiger partial charge in [-0.2, -0.15) is 0 Å². The SMILES string of the molecule is Cc1sc2nc(CN3CCOCC3)nc(N[C@H](c3nc4ccccc4[nH]3)C(C)C)c2c1C. The average Bonchev–Trinajstić information content (AvgIpc) is 3.33. The van der Waals surface area contributed by atoms with Gasteiger partial charge in [0.05, 0.1) is 42.2 Å². The summed E-state index contributed by atoms with van der Waals surface area (Å²) >= 11 is 1.75. The molecule has 1 aromatic carbocycles. The highest BCUT2D eigenvalue weighted by atomic mass is 32.1. The zero-order valence-corrected chi connectivity index (χ0v) is 19.9. The summed E-state index contributed by atoms with van der Waals surface area (Å²) in [6.45, 7) is 12.9. The first kappa shape index (κ1) is 21.3. The second kappa shape index (κ2) is 8.77. The first-order chi connectivity index (χ1) is 15.5. The number of thiophene rings is 1. The Morgan fingerprint density at radius 2 is 1.91 bits per heavy atom. The van der Waals surface area contributed by atoms with Gasteiger partial charge in [0.2, 0.25) is 0 Å². The Bertz CT molecular complexity index is 1210. The van der Waals surface area contributed by atoms with Gasteiger partial charge in [0.25, 0.3) is 0 Å². The van der Waals surface area contributed by atoms with Gasteiger partial charge in [-0.25, -0.2) is 15.0 Å². The van der Waals surface area contributed by atoms with Crippen LogP contribution < -0.4 is 5.32 Å². The van der Waals surface area contributed by atoms with Gasteiger partial charge < -0.3 is 15.0 Å². The van der Waals surface area contributed by atoms with Gasteiger partial charge in [-0.3, -0.25) is 4.90 Å². The molecule has 0 saturated carbocycles. The minimum Gasteiger partial charge on any atom is -0.379 e. The molecule has 32 heavy (non-hydrogen) atoms. The van der Waals surface area contributed by atoms with E-state index in [1.54, 1.807) is 11.3 Å². The number of imidazole rings is 1. The lowest BCUT2D eigenvalue weighted by molar-refractivity contribution is 0.0331. The maximum atomic E-state index is 5.50. The molecule has 4 aromatic rings. The third kappa shape index (κ3) is 4.10. The molecule has 0 aliphatic carbocycles. The van der Waals surface area contributed by atoms with Gasteiger partial charge in [0.1, 0.15) is 22.3 Å². The smallest absolute Gasteiger partial charge is 0.146 e.